The molecule has 0 saturated heterocycles. The monoisotopic (exact) mass is 375 g/mol. The molecule has 3 rings (SSSR count). The molecule has 0 N–H and O–H groups in total. The minimum atomic E-state index is -0.820. The third kappa shape index (κ3) is 4.11. The summed E-state index contributed by atoms with van der Waals surface area (Å²) in [6.07, 6.45) is 2.04. The number of rotatable bonds is 5. The molecule has 3 aromatic rings. The molecule has 0 atom stereocenters. The molecule has 0 spiro atoms. The molecule has 0 amide bonds. The number of halogens is 2. The van der Waals surface area contributed by atoms with Gasteiger partial charge in [0, 0.05) is 26.8 Å². The molecule has 1 aromatic heterocycles. The van der Waals surface area contributed by atoms with Gasteiger partial charge in [0.25, 0.3) is 0 Å². The molecule has 130 valence electrons. The fraction of sp³-hybridized carbons (Fsp3) is 0.200. The number of hydrogen-bond acceptors (Lipinski definition) is 3. The Morgan fingerprint density at radius 1 is 0.920 bits per heavy atom. The minimum Gasteiger partial charge on any atom is -0.304 e. The van der Waals surface area contributed by atoms with Crippen LogP contribution in [-0.4, -0.2) is 25.3 Å². The first-order valence-corrected chi connectivity index (χ1v) is 9.89. The molecular weight excluding hydrogens is 356 g/mol. The molecule has 0 aliphatic heterocycles. The van der Waals surface area contributed by atoms with E-state index in [4.69, 9.17) is 0 Å². The van der Waals surface area contributed by atoms with Gasteiger partial charge >= 0.3 is 0 Å². The van der Waals surface area contributed by atoms with Crippen LogP contribution >= 0.6 is 23.1 Å². The maximum atomic E-state index is 13.7. The number of thioether (sulfide) groups is 1. The van der Waals surface area contributed by atoms with E-state index in [0.29, 0.717) is 5.56 Å². The summed E-state index contributed by atoms with van der Waals surface area (Å²) in [5, 5.41) is 0. The highest BCUT2D eigenvalue weighted by Gasteiger charge is 2.15. The summed E-state index contributed by atoms with van der Waals surface area (Å²) >= 11 is 3.32. The zero-order chi connectivity index (χ0) is 18.0. The summed E-state index contributed by atoms with van der Waals surface area (Å²) in [6.45, 7) is 0.810. The van der Waals surface area contributed by atoms with Gasteiger partial charge in [-0.05, 0) is 61.8 Å². The van der Waals surface area contributed by atoms with Crippen molar-refractivity contribution < 1.29 is 8.78 Å². The van der Waals surface area contributed by atoms with Gasteiger partial charge in [0.2, 0.25) is 0 Å². The number of nitrogens with zero attached hydrogens (tertiary/aromatic N) is 1. The Kier molecular flexibility index (Phi) is 5.57. The van der Waals surface area contributed by atoms with Crippen molar-refractivity contribution in [3.05, 3.63) is 65.0 Å². The maximum Gasteiger partial charge on any atom is 0.159 e. The Labute approximate surface area is 155 Å². The normalized spacial score (nSPS) is 11.3. The zero-order valence-corrected chi connectivity index (χ0v) is 16.0. The van der Waals surface area contributed by atoms with E-state index in [1.54, 1.807) is 29.2 Å². The highest BCUT2D eigenvalue weighted by atomic mass is 32.2. The van der Waals surface area contributed by atoms with Crippen LogP contribution in [0.25, 0.3) is 21.6 Å². The van der Waals surface area contributed by atoms with Crippen LogP contribution in [-0.2, 0) is 6.54 Å². The van der Waals surface area contributed by atoms with E-state index < -0.39 is 11.6 Å². The van der Waals surface area contributed by atoms with Crippen LogP contribution < -0.4 is 0 Å². The van der Waals surface area contributed by atoms with Crippen molar-refractivity contribution in [1.29, 1.82) is 0 Å². The predicted molar refractivity (Wildman–Crippen MR) is 104 cm³/mol. The Morgan fingerprint density at radius 2 is 1.60 bits per heavy atom. The molecule has 0 fully saturated rings. The lowest BCUT2D eigenvalue weighted by Gasteiger charge is -2.06. The third-order valence-electron chi connectivity index (χ3n) is 3.84. The third-order valence-corrected chi connectivity index (χ3v) is 5.75. The summed E-state index contributed by atoms with van der Waals surface area (Å²) in [5.41, 5.74) is 2.84. The quantitative estimate of drug-likeness (QED) is 0.493. The van der Waals surface area contributed by atoms with E-state index in [1.165, 1.54) is 21.9 Å². The van der Waals surface area contributed by atoms with Crippen molar-refractivity contribution in [1.82, 2.24) is 4.90 Å². The first-order valence-electron chi connectivity index (χ1n) is 7.85. The first-order chi connectivity index (χ1) is 12.0. The van der Waals surface area contributed by atoms with Crippen LogP contribution in [0.2, 0.25) is 0 Å². The van der Waals surface area contributed by atoms with Gasteiger partial charge in [-0.1, -0.05) is 18.2 Å². The molecule has 0 bridgehead atoms. The number of hydrogen-bond donors (Lipinski definition) is 0. The molecule has 0 radical (unpaired) electrons. The summed E-state index contributed by atoms with van der Waals surface area (Å²) in [4.78, 5) is 5.45. The van der Waals surface area contributed by atoms with Gasteiger partial charge in [-0.25, -0.2) is 8.78 Å². The summed E-state index contributed by atoms with van der Waals surface area (Å²) in [7, 11) is 4.04. The fourth-order valence-corrected chi connectivity index (χ4v) is 4.37. The molecule has 5 heteroatoms. The van der Waals surface area contributed by atoms with Crippen molar-refractivity contribution in [3.8, 4) is 21.6 Å². The van der Waals surface area contributed by atoms with E-state index in [9.17, 15) is 8.78 Å². The van der Waals surface area contributed by atoms with Gasteiger partial charge in [0.05, 0.1) is 0 Å². The van der Waals surface area contributed by atoms with Crippen LogP contribution in [0.3, 0.4) is 0 Å². The van der Waals surface area contributed by atoms with Crippen molar-refractivity contribution in [2.75, 3.05) is 20.4 Å². The second kappa shape index (κ2) is 7.68. The summed E-state index contributed by atoms with van der Waals surface area (Å²) < 4.78 is 27.1. The average Bonchev–Trinajstić information content (AvgIpc) is 3.00. The average molecular weight is 376 g/mol. The van der Waals surface area contributed by atoms with Crippen LogP contribution in [0, 0.1) is 11.6 Å². The van der Waals surface area contributed by atoms with Crippen LogP contribution in [0.15, 0.2) is 53.4 Å². The molecule has 1 nitrogen and oxygen atoms in total. The summed E-state index contributed by atoms with van der Waals surface area (Å²) in [6, 6.07) is 14.6. The Balaban J connectivity index is 2.11. The Morgan fingerprint density at radius 3 is 2.20 bits per heavy atom. The second-order valence-corrected chi connectivity index (χ2v) is 8.07. The Hall–Kier alpha value is -1.69. The first kappa shape index (κ1) is 18.1. The minimum absolute atomic E-state index is 0.706. The standard InChI is InChI=1S/C20H19F2NS2/c1-23(2)12-16-11-17(13-4-7-15(24-3)8-5-13)20(25-16)14-6-9-18(21)19(22)10-14/h4-11H,12H2,1-3H3. The van der Waals surface area contributed by atoms with Crippen LogP contribution in [0.1, 0.15) is 4.88 Å². The van der Waals surface area contributed by atoms with E-state index in [-0.39, 0.29) is 0 Å². The van der Waals surface area contributed by atoms with Gasteiger partial charge in [-0.15, -0.1) is 23.1 Å². The molecule has 0 saturated carbocycles. The van der Waals surface area contributed by atoms with Crippen LogP contribution in [0.5, 0.6) is 0 Å². The molecule has 2 aromatic carbocycles. The summed E-state index contributed by atoms with van der Waals surface area (Å²) in [5.74, 6) is -1.64. The van der Waals surface area contributed by atoms with Gasteiger partial charge in [0.1, 0.15) is 0 Å². The highest BCUT2D eigenvalue weighted by Crippen LogP contribution is 2.40. The number of benzene rings is 2. The molecule has 0 aliphatic rings. The van der Waals surface area contributed by atoms with Crippen LogP contribution in [0.4, 0.5) is 8.78 Å². The van der Waals surface area contributed by atoms with Gasteiger partial charge in [0.15, 0.2) is 11.6 Å². The van der Waals surface area contributed by atoms with E-state index >= 15 is 0 Å². The van der Waals surface area contributed by atoms with Crippen molar-refractivity contribution in [2.24, 2.45) is 0 Å². The lowest BCUT2D eigenvalue weighted by atomic mass is 10.0. The van der Waals surface area contributed by atoms with Gasteiger partial charge in [-0.3, -0.25) is 0 Å². The highest BCUT2D eigenvalue weighted by molar-refractivity contribution is 7.98. The second-order valence-electron chi connectivity index (χ2n) is 6.05. The predicted octanol–water partition coefficient (Wildman–Crippen LogP) is 6.14. The topological polar surface area (TPSA) is 3.24 Å². The van der Waals surface area contributed by atoms with Crippen molar-refractivity contribution in [3.63, 3.8) is 0 Å². The number of thiophene rings is 1. The van der Waals surface area contributed by atoms with E-state index in [2.05, 4.69) is 35.2 Å². The fourth-order valence-electron chi connectivity index (χ4n) is 2.67. The SMILES string of the molecule is CSc1ccc(-c2cc(CN(C)C)sc2-c2ccc(F)c(F)c2)cc1. The van der Waals surface area contributed by atoms with Gasteiger partial charge in [-0.2, -0.15) is 0 Å². The molecule has 25 heavy (non-hydrogen) atoms. The smallest absolute Gasteiger partial charge is 0.159 e. The molecule has 0 unspecified atom stereocenters. The molecule has 1 heterocycles. The largest absolute Gasteiger partial charge is 0.304 e. The zero-order valence-electron chi connectivity index (χ0n) is 14.3. The maximum absolute atomic E-state index is 13.7. The lowest BCUT2D eigenvalue weighted by molar-refractivity contribution is 0.406. The molecule has 0 aliphatic carbocycles. The van der Waals surface area contributed by atoms with Crippen molar-refractivity contribution >= 4 is 23.1 Å². The van der Waals surface area contributed by atoms with E-state index in [0.717, 1.165) is 22.5 Å². The van der Waals surface area contributed by atoms with Crippen molar-refractivity contribution in [2.45, 2.75) is 11.4 Å². The Bertz CT molecular complexity index is 870. The van der Waals surface area contributed by atoms with E-state index in [1.807, 2.05) is 20.4 Å². The van der Waals surface area contributed by atoms with Gasteiger partial charge < -0.3 is 4.90 Å². The molecular formula is C20H19F2NS2. The lowest BCUT2D eigenvalue weighted by Crippen LogP contribution is -2.09.